The summed E-state index contributed by atoms with van der Waals surface area (Å²) in [6, 6.07) is 10.2. The lowest BCUT2D eigenvalue weighted by Crippen LogP contribution is -2.54. The third-order valence-corrected chi connectivity index (χ3v) is 7.95. The summed E-state index contributed by atoms with van der Waals surface area (Å²) in [5.41, 5.74) is -1.12. The second kappa shape index (κ2) is 11.9. The SMILES string of the molecule is CCCC(C)C(Cc1ccccc1)(OC)OCC[C@@H](C)C(C)(O)[C@@H]1C=C(C)C(=O)[C@@]1(O)CCC. The molecule has 192 valence electrons. The highest BCUT2D eigenvalue weighted by Gasteiger charge is 2.55. The monoisotopic (exact) mass is 474 g/mol. The predicted octanol–water partition coefficient (Wildman–Crippen LogP) is 5.48. The molecule has 0 heterocycles. The van der Waals surface area contributed by atoms with E-state index in [1.165, 1.54) is 0 Å². The summed E-state index contributed by atoms with van der Waals surface area (Å²) >= 11 is 0. The lowest BCUT2D eigenvalue weighted by atomic mass is 9.69. The summed E-state index contributed by atoms with van der Waals surface area (Å²) in [5, 5.41) is 22.8. The number of methoxy groups -OCH3 is 1. The molecule has 0 saturated carbocycles. The second-order valence-corrected chi connectivity index (χ2v) is 10.5. The smallest absolute Gasteiger partial charge is 0.190 e. The Hall–Kier alpha value is -1.53. The summed E-state index contributed by atoms with van der Waals surface area (Å²) in [5.74, 6) is -1.68. The largest absolute Gasteiger partial charge is 0.389 e. The fourth-order valence-electron chi connectivity index (χ4n) is 5.49. The molecule has 1 aromatic carbocycles. The van der Waals surface area contributed by atoms with E-state index < -0.39 is 22.9 Å². The number of carbonyl (C=O) groups is 1. The van der Waals surface area contributed by atoms with Crippen LogP contribution in [0.3, 0.4) is 0 Å². The van der Waals surface area contributed by atoms with E-state index in [9.17, 15) is 15.0 Å². The number of hydrogen-bond acceptors (Lipinski definition) is 5. The van der Waals surface area contributed by atoms with Gasteiger partial charge < -0.3 is 19.7 Å². The molecular weight excluding hydrogens is 428 g/mol. The van der Waals surface area contributed by atoms with Gasteiger partial charge in [-0.15, -0.1) is 0 Å². The molecule has 0 spiro atoms. The van der Waals surface area contributed by atoms with Gasteiger partial charge in [-0.2, -0.15) is 0 Å². The molecule has 0 aliphatic heterocycles. The number of carbonyl (C=O) groups excluding carboxylic acids is 1. The molecule has 1 aliphatic rings. The zero-order valence-electron chi connectivity index (χ0n) is 22.3. The quantitative estimate of drug-likeness (QED) is 0.349. The van der Waals surface area contributed by atoms with Crippen LogP contribution >= 0.6 is 0 Å². The minimum atomic E-state index is -1.54. The van der Waals surface area contributed by atoms with Gasteiger partial charge in [0.25, 0.3) is 0 Å². The van der Waals surface area contributed by atoms with Crippen LogP contribution in [-0.2, 0) is 20.7 Å². The first-order chi connectivity index (χ1) is 16.0. The molecule has 0 saturated heterocycles. The van der Waals surface area contributed by atoms with E-state index in [0.29, 0.717) is 37.9 Å². The molecule has 3 unspecified atom stereocenters. The molecule has 0 aromatic heterocycles. The number of benzene rings is 1. The van der Waals surface area contributed by atoms with Crippen LogP contribution in [0.5, 0.6) is 0 Å². The van der Waals surface area contributed by atoms with Crippen molar-refractivity contribution in [1.82, 2.24) is 0 Å². The molecule has 5 nitrogen and oxygen atoms in total. The first-order valence-electron chi connectivity index (χ1n) is 12.9. The van der Waals surface area contributed by atoms with Crippen LogP contribution < -0.4 is 0 Å². The Labute approximate surface area is 206 Å². The maximum absolute atomic E-state index is 12.7. The Bertz CT molecular complexity index is 817. The first kappa shape index (κ1) is 28.7. The molecule has 1 aliphatic carbocycles. The van der Waals surface area contributed by atoms with Gasteiger partial charge in [0, 0.05) is 25.4 Å². The van der Waals surface area contributed by atoms with Gasteiger partial charge in [0.2, 0.25) is 0 Å². The number of ketones is 1. The first-order valence-corrected chi connectivity index (χ1v) is 12.9. The molecule has 0 bridgehead atoms. The number of hydrogen-bond donors (Lipinski definition) is 2. The molecule has 0 amide bonds. The van der Waals surface area contributed by atoms with E-state index in [4.69, 9.17) is 9.47 Å². The number of ether oxygens (including phenoxy) is 2. The van der Waals surface area contributed by atoms with Crippen LogP contribution in [0.4, 0.5) is 0 Å². The highest BCUT2D eigenvalue weighted by molar-refractivity contribution is 6.04. The highest BCUT2D eigenvalue weighted by atomic mass is 16.7. The lowest BCUT2D eigenvalue weighted by Gasteiger charge is -2.43. The van der Waals surface area contributed by atoms with Crippen molar-refractivity contribution in [3.05, 3.63) is 47.5 Å². The Morgan fingerprint density at radius 2 is 1.74 bits per heavy atom. The zero-order valence-corrected chi connectivity index (χ0v) is 22.3. The van der Waals surface area contributed by atoms with Gasteiger partial charge in [-0.25, -0.2) is 0 Å². The molecule has 2 rings (SSSR count). The second-order valence-electron chi connectivity index (χ2n) is 10.5. The van der Waals surface area contributed by atoms with Gasteiger partial charge in [0.05, 0.1) is 12.2 Å². The molecule has 2 N–H and O–H groups in total. The normalized spacial score (nSPS) is 26.0. The summed E-state index contributed by atoms with van der Waals surface area (Å²) in [6.45, 7) is 12.1. The van der Waals surface area contributed by atoms with Crippen molar-refractivity contribution in [1.29, 1.82) is 0 Å². The average Bonchev–Trinajstić information content (AvgIpc) is 3.03. The highest BCUT2D eigenvalue weighted by Crippen LogP contribution is 2.45. The van der Waals surface area contributed by atoms with Crippen molar-refractivity contribution in [3.63, 3.8) is 0 Å². The van der Waals surface area contributed by atoms with Crippen LogP contribution in [0, 0.1) is 17.8 Å². The predicted molar refractivity (Wildman–Crippen MR) is 136 cm³/mol. The van der Waals surface area contributed by atoms with E-state index in [-0.39, 0.29) is 17.6 Å². The number of aliphatic hydroxyl groups is 2. The third-order valence-electron chi connectivity index (χ3n) is 7.95. The Morgan fingerprint density at radius 1 is 1.09 bits per heavy atom. The van der Waals surface area contributed by atoms with Crippen molar-refractivity contribution >= 4 is 5.78 Å². The van der Waals surface area contributed by atoms with E-state index in [0.717, 1.165) is 18.4 Å². The van der Waals surface area contributed by atoms with Gasteiger partial charge in [-0.1, -0.05) is 76.9 Å². The standard InChI is InChI=1S/C29H46O5/c1-8-13-23(5)29(33-7,20-24-14-11-10-12-15-24)34-18-16-22(4)27(6,31)25-19-21(3)26(30)28(25,32)17-9-2/h10-12,14-15,19,22-23,25,31-32H,8-9,13,16-18,20H2,1-7H3/t22-,23?,25+,27?,28-,29?/m1/s1. The minimum Gasteiger partial charge on any atom is -0.389 e. The Kier molecular flexibility index (Phi) is 10.1. The van der Waals surface area contributed by atoms with Crippen LogP contribution in [0.2, 0.25) is 0 Å². The van der Waals surface area contributed by atoms with Crippen LogP contribution in [0.25, 0.3) is 0 Å². The van der Waals surface area contributed by atoms with Gasteiger partial charge in [0.1, 0.15) is 5.60 Å². The van der Waals surface area contributed by atoms with Gasteiger partial charge >= 0.3 is 0 Å². The summed E-state index contributed by atoms with van der Waals surface area (Å²) in [4.78, 5) is 12.7. The summed E-state index contributed by atoms with van der Waals surface area (Å²) < 4.78 is 12.5. The Morgan fingerprint density at radius 3 is 2.29 bits per heavy atom. The van der Waals surface area contributed by atoms with E-state index in [2.05, 4.69) is 26.0 Å². The lowest BCUT2D eigenvalue weighted by molar-refractivity contribution is -0.254. The molecule has 5 heteroatoms. The van der Waals surface area contributed by atoms with Gasteiger partial charge in [-0.05, 0) is 50.2 Å². The molecule has 6 atom stereocenters. The van der Waals surface area contributed by atoms with Crippen LogP contribution in [0.1, 0.15) is 79.2 Å². The molecule has 1 aromatic rings. The maximum atomic E-state index is 12.7. The van der Waals surface area contributed by atoms with Crippen molar-refractivity contribution < 1.29 is 24.5 Å². The summed E-state index contributed by atoms with van der Waals surface area (Å²) in [6.07, 6.45) is 5.99. The van der Waals surface area contributed by atoms with Gasteiger partial charge in [0.15, 0.2) is 11.6 Å². The molecule has 34 heavy (non-hydrogen) atoms. The van der Waals surface area contributed by atoms with Crippen molar-refractivity contribution in [2.24, 2.45) is 17.8 Å². The van der Waals surface area contributed by atoms with E-state index >= 15 is 0 Å². The van der Waals surface area contributed by atoms with Crippen molar-refractivity contribution in [2.75, 3.05) is 13.7 Å². The van der Waals surface area contributed by atoms with E-state index in [1.807, 2.05) is 32.0 Å². The number of Topliss-reactive ketones (excluding diaryl/α,β-unsaturated/α-hetero) is 1. The maximum Gasteiger partial charge on any atom is 0.190 e. The molecule has 0 radical (unpaired) electrons. The van der Waals surface area contributed by atoms with Crippen molar-refractivity contribution in [2.45, 2.75) is 97.1 Å². The van der Waals surface area contributed by atoms with Crippen molar-refractivity contribution in [3.8, 4) is 0 Å². The van der Waals surface area contributed by atoms with Gasteiger partial charge in [-0.3, -0.25) is 4.79 Å². The van der Waals surface area contributed by atoms with E-state index in [1.54, 1.807) is 27.0 Å². The molecule has 0 fully saturated rings. The zero-order chi connectivity index (χ0) is 25.6. The Balaban J connectivity index is 2.16. The summed E-state index contributed by atoms with van der Waals surface area (Å²) in [7, 11) is 1.71. The van der Waals surface area contributed by atoms with Crippen LogP contribution in [-0.4, -0.2) is 46.7 Å². The topological polar surface area (TPSA) is 76.0 Å². The molecular formula is C29H46O5. The van der Waals surface area contributed by atoms with Crippen LogP contribution in [0.15, 0.2) is 42.0 Å². The fourth-order valence-corrected chi connectivity index (χ4v) is 5.49. The third kappa shape index (κ3) is 5.99. The average molecular weight is 475 g/mol. The fraction of sp³-hybridized carbons (Fsp3) is 0.690. The minimum absolute atomic E-state index is 0.186. The number of rotatable bonds is 14.